The van der Waals surface area contributed by atoms with Crippen LogP contribution in [0.1, 0.15) is 52.5 Å². The molecule has 0 unspecified atom stereocenters. The third-order valence-corrected chi connectivity index (χ3v) is 5.39. The molecule has 1 amide bonds. The molecule has 1 N–H and O–H groups in total. The van der Waals surface area contributed by atoms with Gasteiger partial charge in [0.25, 0.3) is 0 Å². The summed E-state index contributed by atoms with van der Waals surface area (Å²) in [5, 5.41) is 3.71. The molecule has 1 saturated heterocycles. The van der Waals surface area contributed by atoms with Gasteiger partial charge in [0, 0.05) is 19.1 Å². The number of benzene rings is 1. The van der Waals surface area contributed by atoms with E-state index in [9.17, 15) is 4.79 Å². The number of hydrogen-bond acceptors (Lipinski definition) is 3. The van der Waals surface area contributed by atoms with Crippen LogP contribution in [0.15, 0.2) is 35.9 Å². The third kappa shape index (κ3) is 5.83. The minimum Gasteiger partial charge on any atom is -0.444 e. The van der Waals surface area contributed by atoms with Crippen molar-refractivity contribution in [2.45, 2.75) is 58.6 Å². The largest absolute Gasteiger partial charge is 0.444 e. The summed E-state index contributed by atoms with van der Waals surface area (Å²) in [4.78, 5) is 13.8. The molecule has 27 heavy (non-hydrogen) atoms. The first-order valence-corrected chi connectivity index (χ1v) is 10.3. The van der Waals surface area contributed by atoms with Gasteiger partial charge in [0.05, 0.1) is 0 Å². The minimum absolute atomic E-state index is 0.174. The number of likely N-dealkylation sites (tertiary alicyclic amines) is 1. The second-order valence-corrected chi connectivity index (χ2v) is 8.93. The molecule has 1 aromatic carbocycles. The number of amides is 1. The van der Waals surface area contributed by atoms with Crippen molar-refractivity contribution in [1.29, 1.82) is 0 Å². The van der Waals surface area contributed by atoms with Gasteiger partial charge in [-0.1, -0.05) is 48.9 Å². The predicted octanol–water partition coefficient (Wildman–Crippen LogP) is 4.72. The lowest BCUT2D eigenvalue weighted by Crippen LogP contribution is -2.52. The number of nitrogens with zero attached hydrogens (tertiary/aromatic N) is 1. The number of nitrogens with one attached hydrogen (secondary N) is 1. The summed E-state index contributed by atoms with van der Waals surface area (Å²) in [5.74, 6) is 1.29. The van der Waals surface area contributed by atoms with Gasteiger partial charge in [0.1, 0.15) is 5.60 Å². The van der Waals surface area contributed by atoms with Crippen molar-refractivity contribution in [3.8, 4) is 0 Å². The number of carbonyl (C=O) groups is 1. The van der Waals surface area contributed by atoms with Crippen LogP contribution in [0.5, 0.6) is 0 Å². The number of hydrogen-bond donors (Lipinski definition) is 1. The van der Waals surface area contributed by atoms with Crippen molar-refractivity contribution in [3.05, 3.63) is 41.5 Å². The van der Waals surface area contributed by atoms with Gasteiger partial charge in [-0.3, -0.25) is 0 Å². The molecule has 2 aliphatic rings. The molecule has 1 aliphatic carbocycles. The maximum Gasteiger partial charge on any atom is 0.410 e. The van der Waals surface area contributed by atoms with Crippen molar-refractivity contribution in [2.75, 3.05) is 19.6 Å². The zero-order valence-electron chi connectivity index (χ0n) is 17.2. The molecule has 3 rings (SSSR count). The maximum absolute atomic E-state index is 12.0. The Kier molecular flexibility index (Phi) is 6.25. The molecule has 4 nitrogen and oxygen atoms in total. The van der Waals surface area contributed by atoms with Crippen molar-refractivity contribution in [2.24, 2.45) is 11.8 Å². The van der Waals surface area contributed by atoms with E-state index in [-0.39, 0.29) is 6.09 Å². The van der Waals surface area contributed by atoms with E-state index in [0.717, 1.165) is 32.5 Å². The Morgan fingerprint density at radius 3 is 2.59 bits per heavy atom. The van der Waals surface area contributed by atoms with Crippen molar-refractivity contribution in [3.63, 3.8) is 0 Å². The molecule has 1 heterocycles. The fourth-order valence-electron chi connectivity index (χ4n) is 3.77. The smallest absolute Gasteiger partial charge is 0.410 e. The SMILES string of the molecule is CC/C(=C\c1ccccc1)[C@@H]1C[C@H]1NCCC1CN(C(=O)OC(C)(C)C)C1. The summed E-state index contributed by atoms with van der Waals surface area (Å²) in [6, 6.07) is 11.2. The Bertz CT molecular complexity index is 657. The van der Waals surface area contributed by atoms with Gasteiger partial charge < -0.3 is 15.0 Å². The third-order valence-electron chi connectivity index (χ3n) is 5.39. The lowest BCUT2D eigenvalue weighted by Gasteiger charge is -2.39. The van der Waals surface area contributed by atoms with Crippen LogP contribution in [-0.2, 0) is 4.74 Å². The molecular formula is C23H34N2O2. The van der Waals surface area contributed by atoms with E-state index in [2.05, 4.69) is 48.6 Å². The van der Waals surface area contributed by atoms with Gasteiger partial charge in [0.2, 0.25) is 0 Å². The van der Waals surface area contributed by atoms with Gasteiger partial charge in [-0.2, -0.15) is 0 Å². The summed E-state index contributed by atoms with van der Waals surface area (Å²) in [6.45, 7) is 10.7. The van der Waals surface area contributed by atoms with Gasteiger partial charge in [-0.25, -0.2) is 4.79 Å². The fourth-order valence-corrected chi connectivity index (χ4v) is 3.77. The van der Waals surface area contributed by atoms with Gasteiger partial charge in [-0.05, 0) is 64.0 Å². The highest BCUT2D eigenvalue weighted by atomic mass is 16.6. The van der Waals surface area contributed by atoms with E-state index < -0.39 is 5.60 Å². The van der Waals surface area contributed by atoms with Crippen LogP contribution in [0.2, 0.25) is 0 Å². The number of ether oxygens (including phenoxy) is 1. The molecule has 0 spiro atoms. The second-order valence-electron chi connectivity index (χ2n) is 8.93. The molecule has 2 atom stereocenters. The average molecular weight is 371 g/mol. The Labute approximate surface area is 164 Å². The van der Waals surface area contributed by atoms with Crippen LogP contribution in [-0.4, -0.2) is 42.3 Å². The summed E-state index contributed by atoms with van der Waals surface area (Å²) in [7, 11) is 0. The van der Waals surface area contributed by atoms with E-state index >= 15 is 0 Å². The lowest BCUT2D eigenvalue weighted by molar-refractivity contribution is -0.00204. The molecule has 1 aliphatic heterocycles. The molecular weight excluding hydrogens is 336 g/mol. The first-order chi connectivity index (χ1) is 12.9. The maximum atomic E-state index is 12.0. The summed E-state index contributed by atoms with van der Waals surface area (Å²) in [6.07, 6.45) is 5.68. The Balaban J connectivity index is 1.34. The van der Waals surface area contributed by atoms with Crippen LogP contribution < -0.4 is 5.32 Å². The zero-order valence-corrected chi connectivity index (χ0v) is 17.2. The van der Waals surface area contributed by atoms with E-state index in [0.29, 0.717) is 17.9 Å². The quantitative estimate of drug-likeness (QED) is 0.755. The zero-order chi connectivity index (χ0) is 19.4. The second kappa shape index (κ2) is 8.47. The lowest BCUT2D eigenvalue weighted by atomic mass is 9.97. The van der Waals surface area contributed by atoms with Crippen LogP contribution in [0.3, 0.4) is 0 Å². The number of rotatable bonds is 7. The summed E-state index contributed by atoms with van der Waals surface area (Å²) < 4.78 is 5.41. The molecule has 0 bridgehead atoms. The van der Waals surface area contributed by atoms with Crippen LogP contribution in [0, 0.1) is 11.8 Å². The monoisotopic (exact) mass is 370 g/mol. The van der Waals surface area contributed by atoms with Crippen molar-refractivity contribution in [1.82, 2.24) is 10.2 Å². The Morgan fingerprint density at radius 2 is 1.96 bits per heavy atom. The van der Waals surface area contributed by atoms with Gasteiger partial charge >= 0.3 is 6.09 Å². The Morgan fingerprint density at radius 1 is 1.26 bits per heavy atom. The van der Waals surface area contributed by atoms with E-state index in [4.69, 9.17) is 4.74 Å². The van der Waals surface area contributed by atoms with Crippen molar-refractivity contribution < 1.29 is 9.53 Å². The average Bonchev–Trinajstić information content (AvgIpc) is 3.33. The van der Waals surface area contributed by atoms with Crippen LogP contribution in [0.25, 0.3) is 6.08 Å². The molecule has 2 fully saturated rings. The van der Waals surface area contributed by atoms with Crippen LogP contribution in [0.4, 0.5) is 4.79 Å². The highest BCUT2D eigenvalue weighted by Crippen LogP contribution is 2.39. The van der Waals surface area contributed by atoms with Gasteiger partial charge in [0.15, 0.2) is 0 Å². The standard InChI is InChI=1S/C23H34N2O2/c1-5-19(13-17-9-7-6-8-10-17)20-14-21(20)24-12-11-18-15-25(16-18)22(26)27-23(2,3)4/h6-10,13,18,20-21,24H,5,11-12,14-16H2,1-4H3/b19-13+/t20-,21+/m0/s1. The van der Waals surface area contributed by atoms with Gasteiger partial charge in [-0.15, -0.1) is 0 Å². The molecule has 0 aromatic heterocycles. The fraction of sp³-hybridized carbons (Fsp3) is 0.609. The van der Waals surface area contributed by atoms with E-state index in [1.807, 2.05) is 25.7 Å². The Hall–Kier alpha value is -1.81. The van der Waals surface area contributed by atoms with Crippen molar-refractivity contribution >= 4 is 12.2 Å². The topological polar surface area (TPSA) is 41.6 Å². The summed E-state index contributed by atoms with van der Waals surface area (Å²) in [5.41, 5.74) is 2.45. The molecule has 1 saturated carbocycles. The number of carbonyl (C=O) groups excluding carboxylic acids is 1. The first-order valence-electron chi connectivity index (χ1n) is 10.3. The minimum atomic E-state index is -0.408. The predicted molar refractivity (Wildman–Crippen MR) is 111 cm³/mol. The normalized spacial score (nSPS) is 23.1. The molecule has 0 radical (unpaired) electrons. The van der Waals surface area contributed by atoms with E-state index in [1.54, 1.807) is 5.57 Å². The molecule has 1 aromatic rings. The van der Waals surface area contributed by atoms with Crippen LogP contribution >= 0.6 is 0 Å². The molecule has 4 heteroatoms. The highest BCUT2D eigenvalue weighted by molar-refractivity contribution is 5.69. The summed E-state index contributed by atoms with van der Waals surface area (Å²) >= 11 is 0. The highest BCUT2D eigenvalue weighted by Gasteiger charge is 2.39. The molecule has 148 valence electrons. The first kappa shape index (κ1) is 19.9. The van der Waals surface area contributed by atoms with E-state index in [1.165, 1.54) is 12.0 Å².